The molecule has 0 aliphatic carbocycles. The normalized spacial score (nSPS) is 13.0. The van der Waals surface area contributed by atoms with Crippen LogP contribution in [0.15, 0.2) is 29.0 Å². The molecule has 0 atom stereocenters. The van der Waals surface area contributed by atoms with Crippen LogP contribution in [0.5, 0.6) is 5.75 Å². The lowest BCUT2D eigenvalue weighted by Crippen LogP contribution is -2.43. The van der Waals surface area contributed by atoms with Crippen LogP contribution in [0.25, 0.3) is 11.1 Å². The fraction of sp³-hybridized carbons (Fsp3) is 0.462. The van der Waals surface area contributed by atoms with Crippen molar-refractivity contribution in [1.29, 1.82) is 0 Å². The van der Waals surface area contributed by atoms with Crippen molar-refractivity contribution in [2.45, 2.75) is 38.9 Å². The summed E-state index contributed by atoms with van der Waals surface area (Å²) < 4.78 is 11.4. The fourth-order valence-electron chi connectivity index (χ4n) is 1.35. The van der Waals surface area contributed by atoms with Crippen molar-refractivity contribution >= 4 is 19.4 Å². The van der Waals surface area contributed by atoms with Gasteiger partial charge in [-0.1, -0.05) is 20.8 Å². The standard InChI is InChI=1S/C13H19NO2Si/c1-13(2,3)17(4,5)16-10-6-7-12-11(8-10)14-9-15-12/h6-9H,1-5H3. The van der Waals surface area contributed by atoms with Gasteiger partial charge in [0.1, 0.15) is 11.3 Å². The molecule has 0 saturated carbocycles. The van der Waals surface area contributed by atoms with Gasteiger partial charge in [0.25, 0.3) is 0 Å². The van der Waals surface area contributed by atoms with E-state index in [2.05, 4.69) is 38.8 Å². The van der Waals surface area contributed by atoms with Crippen LogP contribution < -0.4 is 4.43 Å². The molecule has 0 radical (unpaired) electrons. The van der Waals surface area contributed by atoms with E-state index in [9.17, 15) is 0 Å². The molecule has 0 fully saturated rings. The Morgan fingerprint density at radius 2 is 1.94 bits per heavy atom. The molecule has 3 nitrogen and oxygen atoms in total. The monoisotopic (exact) mass is 249 g/mol. The van der Waals surface area contributed by atoms with Crippen LogP contribution in [0.4, 0.5) is 0 Å². The summed E-state index contributed by atoms with van der Waals surface area (Å²) in [6.07, 6.45) is 1.46. The SMILES string of the molecule is CC(C)(C)[Si](C)(C)Oc1ccc2ocnc2c1. The number of benzene rings is 1. The summed E-state index contributed by atoms with van der Waals surface area (Å²) in [6.45, 7) is 11.2. The Hall–Kier alpha value is -1.29. The summed E-state index contributed by atoms with van der Waals surface area (Å²) in [5.41, 5.74) is 1.65. The van der Waals surface area contributed by atoms with Crippen molar-refractivity contribution in [3.05, 3.63) is 24.6 Å². The molecule has 17 heavy (non-hydrogen) atoms. The van der Waals surface area contributed by atoms with E-state index in [1.54, 1.807) is 0 Å². The first-order valence-corrected chi connectivity index (χ1v) is 8.73. The predicted octanol–water partition coefficient (Wildman–Crippen LogP) is 4.21. The van der Waals surface area contributed by atoms with Crippen molar-refractivity contribution in [3.63, 3.8) is 0 Å². The highest BCUT2D eigenvalue weighted by Crippen LogP contribution is 2.37. The quantitative estimate of drug-likeness (QED) is 0.748. The maximum Gasteiger partial charge on any atom is 0.250 e. The van der Waals surface area contributed by atoms with Crippen molar-refractivity contribution in [1.82, 2.24) is 4.98 Å². The molecular formula is C13H19NO2Si. The van der Waals surface area contributed by atoms with Crippen molar-refractivity contribution < 1.29 is 8.84 Å². The molecule has 0 aliphatic rings. The van der Waals surface area contributed by atoms with E-state index in [4.69, 9.17) is 8.84 Å². The Balaban J connectivity index is 2.29. The molecule has 0 N–H and O–H groups in total. The van der Waals surface area contributed by atoms with Gasteiger partial charge in [-0.05, 0) is 30.3 Å². The van der Waals surface area contributed by atoms with E-state index < -0.39 is 8.32 Å². The zero-order valence-electron chi connectivity index (χ0n) is 11.1. The molecule has 0 spiro atoms. The molecule has 1 aromatic carbocycles. The molecule has 2 aromatic rings. The molecule has 0 amide bonds. The van der Waals surface area contributed by atoms with Crippen LogP contribution in [0.3, 0.4) is 0 Å². The molecule has 1 heterocycles. The lowest BCUT2D eigenvalue weighted by molar-refractivity contribution is 0.492. The first-order chi connectivity index (χ1) is 7.79. The Kier molecular flexibility index (Phi) is 2.77. The number of oxazole rings is 1. The average Bonchev–Trinajstić information content (AvgIpc) is 2.62. The van der Waals surface area contributed by atoms with Crippen LogP contribution in [0.1, 0.15) is 20.8 Å². The second-order valence-electron chi connectivity index (χ2n) is 5.84. The number of hydrogen-bond donors (Lipinski definition) is 0. The van der Waals surface area contributed by atoms with Gasteiger partial charge in [0.2, 0.25) is 8.32 Å². The third-order valence-corrected chi connectivity index (χ3v) is 7.84. The molecule has 4 heteroatoms. The van der Waals surface area contributed by atoms with Gasteiger partial charge in [-0.25, -0.2) is 4.98 Å². The second kappa shape index (κ2) is 3.87. The number of hydrogen-bond acceptors (Lipinski definition) is 3. The number of fused-ring (bicyclic) bond motifs is 1. The second-order valence-corrected chi connectivity index (χ2v) is 10.6. The highest BCUT2D eigenvalue weighted by molar-refractivity contribution is 6.74. The molecule has 2 rings (SSSR count). The van der Waals surface area contributed by atoms with Gasteiger partial charge in [0, 0.05) is 6.07 Å². The maximum atomic E-state index is 6.20. The van der Waals surface area contributed by atoms with Crippen LogP contribution in [-0.4, -0.2) is 13.3 Å². The van der Waals surface area contributed by atoms with Crippen LogP contribution in [0.2, 0.25) is 18.1 Å². The van der Waals surface area contributed by atoms with Gasteiger partial charge in [-0.2, -0.15) is 0 Å². The highest BCUT2D eigenvalue weighted by atomic mass is 28.4. The van der Waals surface area contributed by atoms with Crippen molar-refractivity contribution in [2.24, 2.45) is 0 Å². The van der Waals surface area contributed by atoms with E-state index >= 15 is 0 Å². The topological polar surface area (TPSA) is 35.3 Å². The van der Waals surface area contributed by atoms with Gasteiger partial charge >= 0.3 is 0 Å². The molecule has 92 valence electrons. The average molecular weight is 249 g/mol. The largest absolute Gasteiger partial charge is 0.543 e. The third kappa shape index (κ3) is 2.36. The predicted molar refractivity (Wildman–Crippen MR) is 71.8 cm³/mol. The molecule has 0 unspecified atom stereocenters. The Bertz CT molecular complexity index is 525. The van der Waals surface area contributed by atoms with E-state index in [0.29, 0.717) is 0 Å². The molecule has 0 saturated heterocycles. The summed E-state index contributed by atoms with van der Waals surface area (Å²) in [5.74, 6) is 0.887. The van der Waals surface area contributed by atoms with E-state index in [0.717, 1.165) is 16.8 Å². The van der Waals surface area contributed by atoms with Crippen LogP contribution in [0, 0.1) is 0 Å². The minimum atomic E-state index is -1.77. The summed E-state index contributed by atoms with van der Waals surface area (Å²) in [6, 6.07) is 5.80. The highest BCUT2D eigenvalue weighted by Gasteiger charge is 2.38. The van der Waals surface area contributed by atoms with Gasteiger partial charge in [0.05, 0.1) is 0 Å². The molecule has 1 aromatic heterocycles. The number of nitrogens with zero attached hydrogens (tertiary/aromatic N) is 1. The zero-order chi connectivity index (χ0) is 12.7. The smallest absolute Gasteiger partial charge is 0.250 e. The summed E-state index contributed by atoms with van der Waals surface area (Å²) >= 11 is 0. The lowest BCUT2D eigenvalue weighted by Gasteiger charge is -2.36. The maximum absolute atomic E-state index is 6.20. The minimum Gasteiger partial charge on any atom is -0.543 e. The first-order valence-electron chi connectivity index (χ1n) is 5.82. The molecular weight excluding hydrogens is 230 g/mol. The Morgan fingerprint density at radius 3 is 2.59 bits per heavy atom. The first kappa shape index (κ1) is 12.2. The molecule has 0 bridgehead atoms. The lowest BCUT2D eigenvalue weighted by atomic mass is 10.2. The Labute approximate surface area is 103 Å². The zero-order valence-corrected chi connectivity index (χ0v) is 12.1. The summed E-state index contributed by atoms with van der Waals surface area (Å²) in [7, 11) is -1.77. The van der Waals surface area contributed by atoms with Gasteiger partial charge in [0.15, 0.2) is 12.0 Å². The Morgan fingerprint density at radius 1 is 1.24 bits per heavy atom. The van der Waals surface area contributed by atoms with Gasteiger partial charge in [-0.15, -0.1) is 0 Å². The summed E-state index contributed by atoms with van der Waals surface area (Å²) in [5, 5.41) is 0.200. The fourth-order valence-corrected chi connectivity index (χ4v) is 2.37. The van der Waals surface area contributed by atoms with E-state index in [-0.39, 0.29) is 5.04 Å². The minimum absolute atomic E-state index is 0.200. The third-order valence-electron chi connectivity index (χ3n) is 3.48. The van der Waals surface area contributed by atoms with Crippen molar-refractivity contribution in [3.8, 4) is 5.75 Å². The van der Waals surface area contributed by atoms with Crippen LogP contribution >= 0.6 is 0 Å². The van der Waals surface area contributed by atoms with E-state index in [1.165, 1.54) is 6.39 Å². The number of aromatic nitrogens is 1. The van der Waals surface area contributed by atoms with Crippen LogP contribution in [-0.2, 0) is 0 Å². The van der Waals surface area contributed by atoms with E-state index in [1.807, 2.05) is 18.2 Å². The molecule has 0 aliphatic heterocycles. The summed E-state index contributed by atoms with van der Waals surface area (Å²) in [4.78, 5) is 4.14. The van der Waals surface area contributed by atoms with Gasteiger partial charge < -0.3 is 8.84 Å². The van der Waals surface area contributed by atoms with Crippen molar-refractivity contribution in [2.75, 3.05) is 0 Å². The van der Waals surface area contributed by atoms with Gasteiger partial charge in [-0.3, -0.25) is 0 Å². The number of rotatable bonds is 2.